The van der Waals surface area contributed by atoms with Crippen molar-refractivity contribution in [3.05, 3.63) is 68.7 Å². The highest BCUT2D eigenvalue weighted by Gasteiger charge is 2.25. The molecule has 0 N–H and O–H groups in total. The standard InChI is InChI=1S/C19H20ClN3O4/c1-27-18-7-6-14(12-17(18)23(25)26)19(24)22-10-8-21(9-11-22)13-15-4-2-3-5-16(15)20/h2-7,12H,8-11,13H2,1H3. The minimum absolute atomic E-state index is 0.140. The first-order valence-electron chi connectivity index (χ1n) is 8.57. The van der Waals surface area contributed by atoms with Crippen LogP contribution in [-0.4, -0.2) is 53.9 Å². The summed E-state index contributed by atoms with van der Waals surface area (Å²) in [5.41, 5.74) is 1.15. The lowest BCUT2D eigenvalue weighted by Crippen LogP contribution is -2.48. The third-order valence-corrected chi connectivity index (χ3v) is 5.00. The van der Waals surface area contributed by atoms with E-state index >= 15 is 0 Å². The highest BCUT2D eigenvalue weighted by atomic mass is 35.5. The van der Waals surface area contributed by atoms with Crippen LogP contribution in [0.1, 0.15) is 15.9 Å². The molecule has 0 atom stereocenters. The smallest absolute Gasteiger partial charge is 0.311 e. The van der Waals surface area contributed by atoms with Crippen molar-refractivity contribution >= 4 is 23.2 Å². The van der Waals surface area contributed by atoms with Gasteiger partial charge in [-0.05, 0) is 23.8 Å². The monoisotopic (exact) mass is 389 g/mol. The van der Waals surface area contributed by atoms with Crippen LogP contribution in [0.5, 0.6) is 5.75 Å². The summed E-state index contributed by atoms with van der Waals surface area (Å²) in [6, 6.07) is 12.0. The van der Waals surface area contributed by atoms with Gasteiger partial charge in [-0.25, -0.2) is 0 Å². The highest BCUT2D eigenvalue weighted by molar-refractivity contribution is 6.31. The molecule has 1 amide bonds. The van der Waals surface area contributed by atoms with E-state index in [9.17, 15) is 14.9 Å². The Bertz CT molecular complexity index is 851. The molecule has 2 aromatic rings. The van der Waals surface area contributed by atoms with E-state index in [4.69, 9.17) is 16.3 Å². The number of methoxy groups -OCH3 is 1. The summed E-state index contributed by atoms with van der Waals surface area (Å²) < 4.78 is 4.98. The zero-order chi connectivity index (χ0) is 19.4. The Morgan fingerprint density at radius 1 is 1.19 bits per heavy atom. The molecule has 8 heteroatoms. The van der Waals surface area contributed by atoms with Gasteiger partial charge in [0, 0.05) is 49.4 Å². The Kier molecular flexibility index (Phi) is 5.93. The number of hydrogen-bond acceptors (Lipinski definition) is 5. The second kappa shape index (κ2) is 8.37. The van der Waals surface area contributed by atoms with Crippen LogP contribution in [0.2, 0.25) is 5.02 Å². The van der Waals surface area contributed by atoms with Crippen molar-refractivity contribution in [2.75, 3.05) is 33.3 Å². The molecular weight excluding hydrogens is 370 g/mol. The first kappa shape index (κ1) is 19.1. The van der Waals surface area contributed by atoms with E-state index < -0.39 is 4.92 Å². The summed E-state index contributed by atoms with van der Waals surface area (Å²) in [7, 11) is 1.36. The predicted octanol–water partition coefficient (Wildman–Crippen LogP) is 3.21. The Morgan fingerprint density at radius 3 is 2.52 bits per heavy atom. The molecule has 0 aromatic heterocycles. The average molecular weight is 390 g/mol. The quantitative estimate of drug-likeness (QED) is 0.579. The number of hydrogen-bond donors (Lipinski definition) is 0. The molecule has 27 heavy (non-hydrogen) atoms. The van der Waals surface area contributed by atoms with Gasteiger partial charge in [0.15, 0.2) is 5.75 Å². The average Bonchev–Trinajstić information content (AvgIpc) is 2.69. The molecule has 3 rings (SSSR count). The number of amides is 1. The minimum Gasteiger partial charge on any atom is -0.490 e. The lowest BCUT2D eigenvalue weighted by Gasteiger charge is -2.35. The molecule has 1 aliphatic heterocycles. The number of ether oxygens (including phenoxy) is 1. The summed E-state index contributed by atoms with van der Waals surface area (Å²) in [4.78, 5) is 27.3. The number of benzene rings is 2. The number of halogens is 1. The first-order chi connectivity index (χ1) is 13.0. The van der Waals surface area contributed by atoms with Gasteiger partial charge in [-0.15, -0.1) is 0 Å². The third kappa shape index (κ3) is 4.37. The fourth-order valence-corrected chi connectivity index (χ4v) is 3.32. The van der Waals surface area contributed by atoms with Gasteiger partial charge in [-0.2, -0.15) is 0 Å². The molecule has 0 radical (unpaired) electrons. The summed E-state index contributed by atoms with van der Waals surface area (Å²) >= 11 is 6.21. The maximum absolute atomic E-state index is 12.7. The fraction of sp³-hybridized carbons (Fsp3) is 0.316. The van der Waals surface area contributed by atoms with Gasteiger partial charge in [0.1, 0.15) is 0 Å². The third-order valence-electron chi connectivity index (χ3n) is 4.63. The Balaban J connectivity index is 1.64. The molecule has 1 saturated heterocycles. The van der Waals surface area contributed by atoms with E-state index in [1.165, 1.54) is 19.2 Å². The molecule has 1 heterocycles. The SMILES string of the molecule is COc1ccc(C(=O)N2CCN(Cc3ccccc3Cl)CC2)cc1[N+](=O)[O-]. The van der Waals surface area contributed by atoms with E-state index in [1.54, 1.807) is 11.0 Å². The number of nitrogens with zero attached hydrogens (tertiary/aromatic N) is 3. The maximum Gasteiger partial charge on any atom is 0.311 e. The predicted molar refractivity (Wildman–Crippen MR) is 102 cm³/mol. The van der Waals surface area contributed by atoms with Crippen LogP contribution in [-0.2, 0) is 6.54 Å². The molecule has 1 fully saturated rings. The molecule has 2 aromatic carbocycles. The summed E-state index contributed by atoms with van der Waals surface area (Å²) in [6.45, 7) is 3.28. The van der Waals surface area contributed by atoms with Gasteiger partial charge in [-0.3, -0.25) is 19.8 Å². The molecule has 142 valence electrons. The van der Waals surface area contributed by atoms with Crippen molar-refractivity contribution in [3.63, 3.8) is 0 Å². The lowest BCUT2D eigenvalue weighted by atomic mass is 10.1. The number of carbonyl (C=O) groups is 1. The van der Waals surface area contributed by atoms with Gasteiger partial charge in [-0.1, -0.05) is 29.8 Å². The van der Waals surface area contributed by atoms with Gasteiger partial charge in [0.05, 0.1) is 12.0 Å². The van der Waals surface area contributed by atoms with Crippen LogP contribution in [0.15, 0.2) is 42.5 Å². The Labute approximate surface area is 162 Å². The fourth-order valence-electron chi connectivity index (χ4n) is 3.12. The zero-order valence-electron chi connectivity index (χ0n) is 14.9. The van der Waals surface area contributed by atoms with Crippen LogP contribution in [0, 0.1) is 10.1 Å². The Hall–Kier alpha value is -2.64. The second-order valence-corrected chi connectivity index (χ2v) is 6.71. The van der Waals surface area contributed by atoms with Crippen molar-refractivity contribution in [1.82, 2.24) is 9.80 Å². The van der Waals surface area contributed by atoms with Crippen molar-refractivity contribution in [2.24, 2.45) is 0 Å². The van der Waals surface area contributed by atoms with Crippen LogP contribution < -0.4 is 4.74 Å². The molecule has 1 aliphatic rings. The lowest BCUT2D eigenvalue weighted by molar-refractivity contribution is -0.385. The van der Waals surface area contributed by atoms with Crippen molar-refractivity contribution in [1.29, 1.82) is 0 Å². The van der Waals surface area contributed by atoms with E-state index in [2.05, 4.69) is 4.90 Å². The number of carbonyl (C=O) groups excluding carboxylic acids is 1. The van der Waals surface area contributed by atoms with Crippen molar-refractivity contribution < 1.29 is 14.5 Å². The van der Waals surface area contributed by atoms with E-state index in [0.29, 0.717) is 18.7 Å². The van der Waals surface area contributed by atoms with Gasteiger partial charge in [0.25, 0.3) is 5.91 Å². The van der Waals surface area contributed by atoms with Crippen LogP contribution >= 0.6 is 11.6 Å². The molecular formula is C19H20ClN3O4. The normalized spacial score (nSPS) is 14.8. The Morgan fingerprint density at radius 2 is 1.89 bits per heavy atom. The molecule has 7 nitrogen and oxygen atoms in total. The number of piperazine rings is 1. The molecule has 0 spiro atoms. The topological polar surface area (TPSA) is 75.9 Å². The van der Waals surface area contributed by atoms with E-state index in [-0.39, 0.29) is 17.3 Å². The highest BCUT2D eigenvalue weighted by Crippen LogP contribution is 2.28. The van der Waals surface area contributed by atoms with E-state index in [0.717, 1.165) is 30.2 Å². The number of nitro groups is 1. The van der Waals surface area contributed by atoms with Crippen LogP contribution in [0.25, 0.3) is 0 Å². The van der Waals surface area contributed by atoms with Gasteiger partial charge in [0.2, 0.25) is 0 Å². The second-order valence-electron chi connectivity index (χ2n) is 6.30. The molecule has 0 saturated carbocycles. The summed E-state index contributed by atoms with van der Waals surface area (Å²) in [5, 5.41) is 11.9. The minimum atomic E-state index is -0.544. The molecule has 0 bridgehead atoms. The molecule has 0 unspecified atom stereocenters. The number of nitro benzene ring substituents is 1. The number of rotatable bonds is 5. The van der Waals surface area contributed by atoms with Crippen molar-refractivity contribution in [3.8, 4) is 5.75 Å². The summed E-state index contributed by atoms with van der Waals surface area (Å²) in [5.74, 6) is -0.0701. The van der Waals surface area contributed by atoms with Gasteiger partial charge < -0.3 is 9.64 Å². The molecule has 0 aliphatic carbocycles. The largest absolute Gasteiger partial charge is 0.490 e. The zero-order valence-corrected chi connectivity index (χ0v) is 15.7. The van der Waals surface area contributed by atoms with Crippen LogP contribution in [0.3, 0.4) is 0 Å². The maximum atomic E-state index is 12.7. The van der Waals surface area contributed by atoms with E-state index in [1.807, 2.05) is 24.3 Å². The van der Waals surface area contributed by atoms with Gasteiger partial charge >= 0.3 is 5.69 Å². The van der Waals surface area contributed by atoms with Crippen LogP contribution in [0.4, 0.5) is 5.69 Å². The van der Waals surface area contributed by atoms with Crippen molar-refractivity contribution in [2.45, 2.75) is 6.54 Å². The first-order valence-corrected chi connectivity index (χ1v) is 8.95. The summed E-state index contributed by atoms with van der Waals surface area (Å²) in [6.07, 6.45) is 0.